The van der Waals surface area contributed by atoms with Crippen LogP contribution in [0.4, 0.5) is 24.8 Å². The van der Waals surface area contributed by atoms with Gasteiger partial charge in [-0.3, -0.25) is 9.36 Å². The molecule has 0 atom stereocenters. The third kappa shape index (κ3) is 3.39. The van der Waals surface area contributed by atoms with E-state index in [2.05, 4.69) is 32.1 Å². The number of fused-ring (bicyclic) bond motifs is 3. The standard InChI is InChI=1S/C23H20ClF3N6O/c24-16-6-7-18-15(8-16)9-30(20(34)23(25,26)27)10-19-28-29-21(33(18)19)32-13-22(14-32)11-31(12-22)17-4-2-1-3-5-17/h1-8H,9-14H2. The van der Waals surface area contributed by atoms with E-state index < -0.39 is 12.1 Å². The van der Waals surface area contributed by atoms with Crippen molar-refractivity contribution in [3.05, 3.63) is 64.9 Å². The maximum absolute atomic E-state index is 13.2. The van der Waals surface area contributed by atoms with Gasteiger partial charge in [0.25, 0.3) is 0 Å². The van der Waals surface area contributed by atoms with E-state index in [1.54, 1.807) is 22.8 Å². The van der Waals surface area contributed by atoms with E-state index in [4.69, 9.17) is 11.6 Å². The molecule has 0 bridgehead atoms. The van der Waals surface area contributed by atoms with Crippen molar-refractivity contribution in [3.63, 3.8) is 0 Å². The van der Waals surface area contributed by atoms with Crippen molar-refractivity contribution >= 4 is 29.1 Å². The second kappa shape index (κ2) is 7.36. The number of halogens is 4. The first kappa shape index (κ1) is 21.3. The fourth-order valence-electron chi connectivity index (χ4n) is 5.20. The summed E-state index contributed by atoms with van der Waals surface area (Å²) < 4.78 is 41.4. The van der Waals surface area contributed by atoms with Gasteiger partial charge in [-0.05, 0) is 35.9 Å². The average Bonchev–Trinajstić information content (AvgIpc) is 3.06. The number of carbonyl (C=O) groups is 1. The highest BCUT2D eigenvalue weighted by atomic mass is 35.5. The van der Waals surface area contributed by atoms with Crippen molar-refractivity contribution < 1.29 is 18.0 Å². The van der Waals surface area contributed by atoms with Crippen molar-refractivity contribution in [1.29, 1.82) is 0 Å². The fourth-order valence-corrected chi connectivity index (χ4v) is 5.40. The van der Waals surface area contributed by atoms with Crippen LogP contribution in [-0.4, -0.2) is 57.9 Å². The Hall–Kier alpha value is -3.27. The molecule has 7 nitrogen and oxygen atoms in total. The summed E-state index contributed by atoms with van der Waals surface area (Å²) in [5, 5.41) is 8.87. The van der Waals surface area contributed by atoms with Gasteiger partial charge >= 0.3 is 12.1 Å². The summed E-state index contributed by atoms with van der Waals surface area (Å²) in [6, 6.07) is 15.2. The van der Waals surface area contributed by atoms with E-state index in [9.17, 15) is 18.0 Å². The molecule has 2 saturated heterocycles. The molecule has 11 heteroatoms. The fraction of sp³-hybridized carbons (Fsp3) is 0.348. The Morgan fingerprint density at radius 3 is 2.35 bits per heavy atom. The minimum absolute atomic E-state index is 0.161. The molecule has 0 unspecified atom stereocenters. The van der Waals surface area contributed by atoms with Crippen LogP contribution < -0.4 is 9.80 Å². The number of hydrogen-bond acceptors (Lipinski definition) is 5. The zero-order chi connectivity index (χ0) is 23.7. The molecule has 1 spiro atoms. The molecule has 0 N–H and O–H groups in total. The van der Waals surface area contributed by atoms with Gasteiger partial charge in [-0.15, -0.1) is 10.2 Å². The SMILES string of the molecule is O=C(N1Cc2cc(Cl)ccc2-n2c(nnc2N2CC3(CN(c4ccccc4)C3)C2)C1)C(F)(F)F. The molecule has 0 radical (unpaired) electrons. The zero-order valence-corrected chi connectivity index (χ0v) is 18.7. The van der Waals surface area contributed by atoms with E-state index >= 15 is 0 Å². The van der Waals surface area contributed by atoms with E-state index in [1.165, 1.54) is 5.69 Å². The van der Waals surface area contributed by atoms with Crippen LogP contribution in [0.3, 0.4) is 0 Å². The Morgan fingerprint density at radius 2 is 1.65 bits per heavy atom. The molecular formula is C23H20ClF3N6O. The lowest BCUT2D eigenvalue weighted by Crippen LogP contribution is -2.72. The number of nitrogens with zero attached hydrogens (tertiary/aromatic N) is 6. The van der Waals surface area contributed by atoms with Crippen LogP contribution in [0.25, 0.3) is 5.69 Å². The number of aromatic nitrogens is 3. The van der Waals surface area contributed by atoms with Gasteiger partial charge in [-0.25, -0.2) is 0 Å². The number of carbonyl (C=O) groups excluding carboxylic acids is 1. The molecule has 1 amide bonds. The van der Waals surface area contributed by atoms with Crippen LogP contribution in [0.1, 0.15) is 11.4 Å². The molecule has 2 fully saturated rings. The van der Waals surface area contributed by atoms with Crippen molar-refractivity contribution in [3.8, 4) is 5.69 Å². The van der Waals surface area contributed by atoms with Crippen LogP contribution in [-0.2, 0) is 17.9 Å². The molecule has 4 heterocycles. The minimum atomic E-state index is -4.98. The number of alkyl halides is 3. The lowest BCUT2D eigenvalue weighted by Gasteiger charge is -2.61. The molecule has 0 saturated carbocycles. The highest BCUT2D eigenvalue weighted by Gasteiger charge is 2.53. The van der Waals surface area contributed by atoms with E-state index in [0.29, 0.717) is 22.2 Å². The minimum Gasteiger partial charge on any atom is -0.370 e. The third-order valence-electron chi connectivity index (χ3n) is 6.73. The normalized spacial score (nSPS) is 18.6. The molecule has 0 aliphatic carbocycles. The number of amides is 1. The summed E-state index contributed by atoms with van der Waals surface area (Å²) in [5.41, 5.74) is 2.51. The molecule has 3 aliphatic rings. The Morgan fingerprint density at radius 1 is 0.941 bits per heavy atom. The number of rotatable bonds is 2. The maximum Gasteiger partial charge on any atom is 0.471 e. The van der Waals surface area contributed by atoms with E-state index in [0.717, 1.165) is 31.1 Å². The van der Waals surface area contributed by atoms with Crippen LogP contribution in [0.15, 0.2) is 48.5 Å². The second-order valence-electron chi connectivity index (χ2n) is 9.23. The summed E-state index contributed by atoms with van der Waals surface area (Å²) in [6.07, 6.45) is -4.98. The number of hydrogen-bond donors (Lipinski definition) is 0. The second-order valence-corrected chi connectivity index (χ2v) is 9.67. The molecule has 1 aromatic heterocycles. The largest absolute Gasteiger partial charge is 0.471 e. The van der Waals surface area contributed by atoms with Crippen LogP contribution in [0.5, 0.6) is 0 Å². The van der Waals surface area contributed by atoms with Crippen molar-refractivity contribution in [1.82, 2.24) is 19.7 Å². The Kier molecular flexibility index (Phi) is 4.61. The summed E-state index contributed by atoms with van der Waals surface area (Å²) in [7, 11) is 0. The number of anilines is 2. The highest BCUT2D eigenvalue weighted by molar-refractivity contribution is 6.30. The van der Waals surface area contributed by atoms with Gasteiger partial charge in [-0.1, -0.05) is 29.8 Å². The van der Waals surface area contributed by atoms with Crippen molar-refractivity contribution in [2.45, 2.75) is 19.3 Å². The van der Waals surface area contributed by atoms with E-state index in [1.807, 2.05) is 18.2 Å². The topological polar surface area (TPSA) is 57.5 Å². The highest BCUT2D eigenvalue weighted by Crippen LogP contribution is 2.44. The molecule has 6 rings (SSSR count). The smallest absolute Gasteiger partial charge is 0.370 e. The summed E-state index contributed by atoms with van der Waals surface area (Å²) in [5.74, 6) is -1.05. The van der Waals surface area contributed by atoms with Gasteiger partial charge in [0.05, 0.1) is 12.2 Å². The zero-order valence-electron chi connectivity index (χ0n) is 18.0. The predicted molar refractivity (Wildman–Crippen MR) is 120 cm³/mol. The Labute approximate surface area is 198 Å². The van der Waals surface area contributed by atoms with Crippen LogP contribution in [0.2, 0.25) is 5.02 Å². The average molecular weight is 489 g/mol. The molecule has 176 valence electrons. The number of benzene rings is 2. The maximum atomic E-state index is 13.2. The summed E-state index contributed by atoms with van der Waals surface area (Å²) >= 11 is 6.14. The third-order valence-corrected chi connectivity index (χ3v) is 6.96. The van der Waals surface area contributed by atoms with Crippen molar-refractivity contribution in [2.75, 3.05) is 36.0 Å². The summed E-state index contributed by atoms with van der Waals surface area (Å²) in [6.45, 7) is 2.93. The lowest BCUT2D eigenvalue weighted by atomic mass is 9.72. The predicted octanol–water partition coefficient (Wildman–Crippen LogP) is 3.65. The Bertz CT molecular complexity index is 1260. The lowest BCUT2D eigenvalue weighted by molar-refractivity contribution is -0.186. The van der Waals surface area contributed by atoms with Gasteiger partial charge < -0.3 is 14.7 Å². The number of para-hydroxylation sites is 1. The summed E-state index contributed by atoms with van der Waals surface area (Å²) in [4.78, 5) is 17.2. The quantitative estimate of drug-likeness (QED) is 0.551. The molecule has 3 aromatic rings. The van der Waals surface area contributed by atoms with E-state index in [-0.39, 0.29) is 24.3 Å². The van der Waals surface area contributed by atoms with Gasteiger partial charge in [0.15, 0.2) is 5.82 Å². The molecule has 34 heavy (non-hydrogen) atoms. The first-order valence-electron chi connectivity index (χ1n) is 10.9. The van der Waals surface area contributed by atoms with Crippen LogP contribution in [0, 0.1) is 5.41 Å². The van der Waals surface area contributed by atoms with Gasteiger partial charge in [0.1, 0.15) is 0 Å². The van der Waals surface area contributed by atoms with Crippen LogP contribution >= 0.6 is 11.6 Å². The van der Waals surface area contributed by atoms with Gasteiger partial charge in [-0.2, -0.15) is 13.2 Å². The molecular weight excluding hydrogens is 469 g/mol. The molecule has 2 aromatic carbocycles. The first-order chi connectivity index (χ1) is 16.2. The molecule has 3 aliphatic heterocycles. The Balaban J connectivity index is 1.27. The van der Waals surface area contributed by atoms with Gasteiger partial charge in [0.2, 0.25) is 5.95 Å². The monoisotopic (exact) mass is 488 g/mol. The van der Waals surface area contributed by atoms with Gasteiger partial charge in [0, 0.05) is 48.8 Å². The van der Waals surface area contributed by atoms with Crippen molar-refractivity contribution in [2.24, 2.45) is 5.41 Å². The first-order valence-corrected chi connectivity index (χ1v) is 11.2.